The number of nitrogens with zero attached hydrogens (tertiary/aromatic N) is 1. The fourth-order valence-electron chi connectivity index (χ4n) is 1.41. The van der Waals surface area contributed by atoms with Gasteiger partial charge in [0.1, 0.15) is 11.3 Å². The summed E-state index contributed by atoms with van der Waals surface area (Å²) in [7, 11) is 0. The molecule has 2 aromatic rings. The van der Waals surface area contributed by atoms with Crippen LogP contribution in [0.4, 0.5) is 0 Å². The van der Waals surface area contributed by atoms with Crippen molar-refractivity contribution in [3.05, 3.63) is 35.6 Å². The third kappa shape index (κ3) is 1.41. The molecule has 1 aromatic carbocycles. The predicted molar refractivity (Wildman–Crippen MR) is 50.3 cm³/mol. The average Bonchev–Trinajstić information content (AvgIpc) is 2.44. The molecule has 0 amide bonds. The molecule has 0 aliphatic heterocycles. The molecule has 0 spiro atoms. The number of hydrogen-bond acceptors (Lipinski definition) is 2. The summed E-state index contributed by atoms with van der Waals surface area (Å²) in [4.78, 5) is 0. The Morgan fingerprint density at radius 1 is 1.38 bits per heavy atom. The van der Waals surface area contributed by atoms with Crippen molar-refractivity contribution in [3.8, 4) is 6.07 Å². The Balaban J connectivity index is 2.56. The minimum atomic E-state index is 0.440. The highest BCUT2D eigenvalue weighted by Gasteiger charge is 2.00. The molecule has 1 aromatic heterocycles. The lowest BCUT2D eigenvalue weighted by Gasteiger charge is -1.92. The summed E-state index contributed by atoms with van der Waals surface area (Å²) in [6, 6.07) is 9.97. The largest absolute Gasteiger partial charge is 0.461 e. The number of hydrogen-bond donors (Lipinski definition) is 0. The summed E-state index contributed by atoms with van der Waals surface area (Å²) >= 11 is 0. The molecule has 0 saturated heterocycles. The second-order valence-electron chi connectivity index (χ2n) is 3.06. The highest BCUT2D eigenvalue weighted by atomic mass is 16.3. The zero-order valence-electron chi connectivity index (χ0n) is 7.37. The summed E-state index contributed by atoms with van der Waals surface area (Å²) < 4.78 is 5.45. The smallest absolute Gasteiger partial charge is 0.134 e. The van der Waals surface area contributed by atoms with Crippen LogP contribution in [0.2, 0.25) is 0 Å². The fourth-order valence-corrected chi connectivity index (χ4v) is 1.41. The lowest BCUT2D eigenvalue weighted by molar-refractivity contribution is 0.578. The van der Waals surface area contributed by atoms with Gasteiger partial charge in [-0.1, -0.05) is 12.1 Å². The van der Waals surface area contributed by atoms with Gasteiger partial charge in [0.2, 0.25) is 0 Å². The summed E-state index contributed by atoms with van der Waals surface area (Å²) in [5.74, 6) is 0.907. The van der Waals surface area contributed by atoms with E-state index in [1.807, 2.05) is 31.2 Å². The minimum Gasteiger partial charge on any atom is -0.461 e. The molecule has 0 aliphatic rings. The molecule has 1 heterocycles. The zero-order chi connectivity index (χ0) is 9.26. The molecule has 13 heavy (non-hydrogen) atoms. The first kappa shape index (κ1) is 7.88. The van der Waals surface area contributed by atoms with Gasteiger partial charge < -0.3 is 4.42 Å². The van der Waals surface area contributed by atoms with E-state index in [-0.39, 0.29) is 0 Å². The molecule has 2 nitrogen and oxygen atoms in total. The first-order valence-electron chi connectivity index (χ1n) is 4.15. The highest BCUT2D eigenvalue weighted by Crippen LogP contribution is 2.20. The van der Waals surface area contributed by atoms with Crippen LogP contribution in [0, 0.1) is 18.3 Å². The molecular weight excluding hydrogens is 162 g/mol. The molecule has 0 N–H and O–H groups in total. The second-order valence-corrected chi connectivity index (χ2v) is 3.06. The van der Waals surface area contributed by atoms with Gasteiger partial charge in [-0.25, -0.2) is 0 Å². The average molecular weight is 171 g/mol. The van der Waals surface area contributed by atoms with Crippen LogP contribution in [0.15, 0.2) is 28.7 Å². The van der Waals surface area contributed by atoms with Crippen LogP contribution in [-0.4, -0.2) is 0 Å². The fraction of sp³-hybridized carbons (Fsp3) is 0.182. The highest BCUT2D eigenvalue weighted by molar-refractivity contribution is 5.78. The zero-order valence-corrected chi connectivity index (χ0v) is 7.37. The summed E-state index contributed by atoms with van der Waals surface area (Å²) in [5.41, 5.74) is 1.87. The first-order valence-corrected chi connectivity index (χ1v) is 4.15. The van der Waals surface area contributed by atoms with E-state index < -0.39 is 0 Å². The van der Waals surface area contributed by atoms with E-state index in [4.69, 9.17) is 9.68 Å². The third-order valence-corrected chi connectivity index (χ3v) is 1.99. The van der Waals surface area contributed by atoms with Crippen LogP contribution < -0.4 is 0 Å². The van der Waals surface area contributed by atoms with E-state index >= 15 is 0 Å². The normalized spacial score (nSPS) is 10.2. The van der Waals surface area contributed by atoms with Gasteiger partial charge in [-0.2, -0.15) is 5.26 Å². The summed E-state index contributed by atoms with van der Waals surface area (Å²) in [6.07, 6.45) is 0.440. The topological polar surface area (TPSA) is 36.9 Å². The Hall–Kier alpha value is -1.75. The molecular formula is C11H9NO. The van der Waals surface area contributed by atoms with Gasteiger partial charge in [0.15, 0.2) is 0 Å². The lowest BCUT2D eigenvalue weighted by atomic mass is 10.1. The van der Waals surface area contributed by atoms with Gasteiger partial charge in [-0.15, -0.1) is 0 Å². The van der Waals surface area contributed by atoms with Gasteiger partial charge in [0.25, 0.3) is 0 Å². The van der Waals surface area contributed by atoms with Crippen molar-refractivity contribution in [2.75, 3.05) is 0 Å². The monoisotopic (exact) mass is 171 g/mol. The SMILES string of the molecule is Cc1cc2ccc(CC#N)cc2o1. The molecule has 0 bridgehead atoms. The van der Waals surface area contributed by atoms with E-state index in [2.05, 4.69) is 6.07 Å². The molecule has 0 aliphatic carbocycles. The van der Waals surface area contributed by atoms with Crippen molar-refractivity contribution in [1.29, 1.82) is 5.26 Å². The first-order chi connectivity index (χ1) is 6.29. The van der Waals surface area contributed by atoms with Gasteiger partial charge in [-0.05, 0) is 24.6 Å². The van der Waals surface area contributed by atoms with E-state index in [9.17, 15) is 0 Å². The second kappa shape index (κ2) is 2.95. The number of benzene rings is 1. The van der Waals surface area contributed by atoms with E-state index in [0.717, 1.165) is 22.3 Å². The van der Waals surface area contributed by atoms with Gasteiger partial charge in [-0.3, -0.25) is 0 Å². The van der Waals surface area contributed by atoms with Gasteiger partial charge >= 0.3 is 0 Å². The van der Waals surface area contributed by atoms with Crippen molar-refractivity contribution in [1.82, 2.24) is 0 Å². The maximum atomic E-state index is 8.52. The maximum absolute atomic E-state index is 8.52. The molecule has 64 valence electrons. The predicted octanol–water partition coefficient (Wildman–Crippen LogP) is 2.81. The molecule has 0 fully saturated rings. The van der Waals surface area contributed by atoms with Crippen LogP contribution in [-0.2, 0) is 6.42 Å². The minimum absolute atomic E-state index is 0.440. The van der Waals surface area contributed by atoms with Crippen molar-refractivity contribution >= 4 is 11.0 Å². The van der Waals surface area contributed by atoms with Gasteiger partial charge in [0.05, 0.1) is 12.5 Å². The number of aryl methyl sites for hydroxylation is 1. The Morgan fingerprint density at radius 2 is 2.23 bits per heavy atom. The molecule has 0 atom stereocenters. The number of fused-ring (bicyclic) bond motifs is 1. The third-order valence-electron chi connectivity index (χ3n) is 1.99. The molecule has 0 radical (unpaired) electrons. The van der Waals surface area contributed by atoms with Crippen molar-refractivity contribution in [3.63, 3.8) is 0 Å². The van der Waals surface area contributed by atoms with E-state index in [0.29, 0.717) is 6.42 Å². The van der Waals surface area contributed by atoms with Crippen LogP contribution in [0.5, 0.6) is 0 Å². The molecule has 0 saturated carbocycles. The molecule has 2 heteroatoms. The summed E-state index contributed by atoms with van der Waals surface area (Å²) in [5, 5.41) is 9.61. The Labute approximate surface area is 76.4 Å². The molecule has 0 unspecified atom stereocenters. The van der Waals surface area contributed by atoms with Crippen molar-refractivity contribution < 1.29 is 4.42 Å². The summed E-state index contributed by atoms with van der Waals surface area (Å²) in [6.45, 7) is 1.92. The number of furan rings is 1. The van der Waals surface area contributed by atoms with Crippen LogP contribution in [0.3, 0.4) is 0 Å². The van der Waals surface area contributed by atoms with Crippen molar-refractivity contribution in [2.24, 2.45) is 0 Å². The van der Waals surface area contributed by atoms with Gasteiger partial charge in [0, 0.05) is 5.39 Å². The Morgan fingerprint density at radius 3 is 3.00 bits per heavy atom. The standard InChI is InChI=1S/C11H9NO/c1-8-6-10-3-2-9(4-5-12)7-11(10)13-8/h2-3,6-7H,4H2,1H3. The van der Waals surface area contributed by atoms with E-state index in [1.165, 1.54) is 0 Å². The number of nitriles is 1. The lowest BCUT2D eigenvalue weighted by Crippen LogP contribution is -1.78. The van der Waals surface area contributed by atoms with Crippen LogP contribution in [0.25, 0.3) is 11.0 Å². The quantitative estimate of drug-likeness (QED) is 0.661. The Kier molecular flexibility index (Phi) is 1.79. The maximum Gasteiger partial charge on any atom is 0.134 e. The Bertz CT molecular complexity index is 476. The van der Waals surface area contributed by atoms with E-state index in [1.54, 1.807) is 0 Å². The van der Waals surface area contributed by atoms with Crippen LogP contribution >= 0.6 is 0 Å². The molecule has 2 rings (SSSR count). The number of rotatable bonds is 1. The van der Waals surface area contributed by atoms with Crippen molar-refractivity contribution in [2.45, 2.75) is 13.3 Å². The van der Waals surface area contributed by atoms with Crippen LogP contribution in [0.1, 0.15) is 11.3 Å².